The molecule has 0 saturated carbocycles. The van der Waals surface area contributed by atoms with E-state index >= 15 is 0 Å². The van der Waals surface area contributed by atoms with E-state index in [1.807, 2.05) is 0 Å². The summed E-state index contributed by atoms with van der Waals surface area (Å²) in [5.41, 5.74) is -0.359. The zero-order chi connectivity index (χ0) is 18.0. The lowest BCUT2D eigenvalue weighted by molar-refractivity contribution is -0.275. The van der Waals surface area contributed by atoms with E-state index in [1.165, 1.54) is 12.1 Å². The third kappa shape index (κ3) is 5.18. The van der Waals surface area contributed by atoms with Crippen molar-refractivity contribution in [3.05, 3.63) is 59.7 Å². The first-order valence-electron chi connectivity index (χ1n) is 6.30. The van der Waals surface area contributed by atoms with Crippen LogP contribution in [-0.4, -0.2) is 18.5 Å². The molecule has 0 unspecified atom stereocenters. The molecule has 0 amide bonds. The summed E-state index contributed by atoms with van der Waals surface area (Å²) < 4.78 is 80.4. The molecule has 0 N–H and O–H groups in total. The summed E-state index contributed by atoms with van der Waals surface area (Å²) in [7, 11) is 0. The Bertz CT molecular complexity index is 675. The molecule has 0 aromatic heterocycles. The predicted molar refractivity (Wildman–Crippen MR) is 69.7 cm³/mol. The van der Waals surface area contributed by atoms with E-state index in [9.17, 15) is 31.1 Å². The monoisotopic (exact) mass is 350 g/mol. The summed E-state index contributed by atoms with van der Waals surface area (Å²) in [6.07, 6.45) is -9.86. The Morgan fingerprint density at radius 2 is 1.08 bits per heavy atom. The van der Waals surface area contributed by atoms with Crippen LogP contribution in [0.1, 0.15) is 15.9 Å². The molecule has 3 nitrogen and oxygen atoms in total. The molecule has 2 aromatic carbocycles. The van der Waals surface area contributed by atoms with Crippen molar-refractivity contribution >= 4 is 5.78 Å². The van der Waals surface area contributed by atoms with Gasteiger partial charge < -0.3 is 9.47 Å². The number of halogens is 6. The molecule has 9 heteroatoms. The fourth-order valence-electron chi connectivity index (χ4n) is 1.84. The summed E-state index contributed by atoms with van der Waals surface area (Å²) >= 11 is 0. The Labute approximate surface area is 131 Å². The van der Waals surface area contributed by atoms with Gasteiger partial charge in [0.05, 0.1) is 0 Å². The van der Waals surface area contributed by atoms with Gasteiger partial charge in [0.1, 0.15) is 11.5 Å². The van der Waals surface area contributed by atoms with Gasteiger partial charge in [-0.25, -0.2) is 0 Å². The number of carbonyl (C=O) groups is 1. The molecule has 0 radical (unpaired) electrons. The van der Waals surface area contributed by atoms with Crippen LogP contribution < -0.4 is 9.47 Å². The zero-order valence-corrected chi connectivity index (χ0v) is 11.6. The number of ketones is 1. The summed E-state index contributed by atoms with van der Waals surface area (Å²) in [6.45, 7) is 0. The van der Waals surface area contributed by atoms with Crippen LogP contribution in [-0.2, 0) is 0 Å². The highest BCUT2D eigenvalue weighted by molar-refractivity contribution is 6.09. The molecule has 128 valence electrons. The minimum Gasteiger partial charge on any atom is -0.406 e. The van der Waals surface area contributed by atoms with Gasteiger partial charge in [-0.15, -0.1) is 26.3 Å². The number of hydrogen-bond donors (Lipinski definition) is 0. The fraction of sp³-hybridized carbons (Fsp3) is 0.133. The molecular weight excluding hydrogens is 342 g/mol. The maximum absolute atomic E-state index is 12.2. The van der Waals surface area contributed by atoms with Gasteiger partial charge in [-0.3, -0.25) is 4.79 Å². The van der Waals surface area contributed by atoms with E-state index in [0.717, 1.165) is 36.4 Å². The SMILES string of the molecule is O=C(c1cccc(OC(F)(F)F)c1)c1cccc(OC(F)(F)F)c1. The average molecular weight is 350 g/mol. The predicted octanol–water partition coefficient (Wildman–Crippen LogP) is 4.71. The van der Waals surface area contributed by atoms with Gasteiger partial charge in [0, 0.05) is 11.1 Å². The lowest BCUT2D eigenvalue weighted by Gasteiger charge is -2.11. The van der Waals surface area contributed by atoms with Gasteiger partial charge >= 0.3 is 12.7 Å². The van der Waals surface area contributed by atoms with Crippen LogP contribution in [0.15, 0.2) is 48.5 Å². The van der Waals surface area contributed by atoms with Crippen LogP contribution >= 0.6 is 0 Å². The van der Waals surface area contributed by atoms with Crippen LogP contribution in [0.3, 0.4) is 0 Å². The molecule has 0 aliphatic rings. The van der Waals surface area contributed by atoms with E-state index in [1.54, 1.807) is 0 Å². The minimum atomic E-state index is -4.93. The molecule has 24 heavy (non-hydrogen) atoms. The molecule has 0 fully saturated rings. The third-order valence-corrected chi connectivity index (χ3v) is 2.66. The van der Waals surface area contributed by atoms with Crippen LogP contribution in [0.2, 0.25) is 0 Å². The van der Waals surface area contributed by atoms with Crippen molar-refractivity contribution in [2.45, 2.75) is 12.7 Å². The van der Waals surface area contributed by atoms with Gasteiger partial charge in [-0.05, 0) is 24.3 Å². The highest BCUT2D eigenvalue weighted by Gasteiger charge is 2.32. The largest absolute Gasteiger partial charge is 0.573 e. The number of carbonyl (C=O) groups excluding carboxylic acids is 1. The maximum Gasteiger partial charge on any atom is 0.573 e. The smallest absolute Gasteiger partial charge is 0.406 e. The zero-order valence-electron chi connectivity index (χ0n) is 11.6. The average Bonchev–Trinajstić information content (AvgIpc) is 2.43. The molecule has 0 aliphatic carbocycles. The van der Waals surface area contributed by atoms with Gasteiger partial charge in [0.2, 0.25) is 0 Å². The Kier molecular flexibility index (Phi) is 4.72. The molecule has 0 aliphatic heterocycles. The minimum absolute atomic E-state index is 0.180. The van der Waals surface area contributed by atoms with E-state index in [2.05, 4.69) is 9.47 Å². The number of hydrogen-bond acceptors (Lipinski definition) is 3. The van der Waals surface area contributed by atoms with Crippen molar-refractivity contribution < 1.29 is 40.6 Å². The second kappa shape index (κ2) is 6.42. The Morgan fingerprint density at radius 3 is 1.42 bits per heavy atom. The number of rotatable bonds is 4. The van der Waals surface area contributed by atoms with E-state index in [4.69, 9.17) is 0 Å². The van der Waals surface area contributed by atoms with Crippen LogP contribution in [0.5, 0.6) is 11.5 Å². The van der Waals surface area contributed by atoms with Crippen molar-refractivity contribution in [3.8, 4) is 11.5 Å². The van der Waals surface area contributed by atoms with Gasteiger partial charge in [-0.1, -0.05) is 24.3 Å². The standard InChI is InChI=1S/C15H8F6O3/c16-14(17,18)23-11-5-1-3-9(7-11)13(22)10-4-2-6-12(8-10)24-15(19,20)21/h1-8H. The molecule has 0 spiro atoms. The van der Waals surface area contributed by atoms with E-state index in [-0.39, 0.29) is 11.1 Å². The molecule has 0 heterocycles. The molecule has 0 saturated heterocycles. The maximum atomic E-state index is 12.2. The lowest BCUT2D eigenvalue weighted by atomic mass is 10.0. The Balaban J connectivity index is 2.26. The first-order chi connectivity index (χ1) is 11.0. The van der Waals surface area contributed by atoms with Crippen molar-refractivity contribution in [1.82, 2.24) is 0 Å². The Hall–Kier alpha value is -2.71. The van der Waals surface area contributed by atoms with Crippen LogP contribution in [0.25, 0.3) is 0 Å². The summed E-state index contributed by atoms with van der Waals surface area (Å²) in [5, 5.41) is 0. The fourth-order valence-corrected chi connectivity index (χ4v) is 1.84. The first-order valence-corrected chi connectivity index (χ1v) is 6.30. The van der Waals surface area contributed by atoms with Crippen molar-refractivity contribution in [3.63, 3.8) is 0 Å². The topological polar surface area (TPSA) is 35.5 Å². The number of ether oxygens (including phenoxy) is 2. The van der Waals surface area contributed by atoms with E-state index < -0.39 is 30.0 Å². The second-order valence-electron chi connectivity index (χ2n) is 4.48. The lowest BCUT2D eigenvalue weighted by Crippen LogP contribution is -2.17. The quantitative estimate of drug-likeness (QED) is 0.592. The van der Waals surface area contributed by atoms with E-state index in [0.29, 0.717) is 0 Å². The molecule has 2 aromatic rings. The van der Waals surface area contributed by atoms with Crippen LogP contribution in [0, 0.1) is 0 Å². The molecular formula is C15H8F6O3. The second-order valence-corrected chi connectivity index (χ2v) is 4.48. The van der Waals surface area contributed by atoms with Crippen LogP contribution in [0.4, 0.5) is 26.3 Å². The van der Waals surface area contributed by atoms with Crippen molar-refractivity contribution in [1.29, 1.82) is 0 Å². The van der Waals surface area contributed by atoms with Gasteiger partial charge in [-0.2, -0.15) is 0 Å². The number of alkyl halides is 6. The highest BCUT2D eigenvalue weighted by Crippen LogP contribution is 2.26. The molecule has 0 atom stereocenters. The number of benzene rings is 2. The van der Waals surface area contributed by atoms with Gasteiger partial charge in [0.15, 0.2) is 5.78 Å². The summed E-state index contributed by atoms with van der Waals surface area (Å²) in [6, 6.07) is 8.40. The van der Waals surface area contributed by atoms with Crippen molar-refractivity contribution in [2.24, 2.45) is 0 Å². The molecule has 2 rings (SSSR count). The molecule has 0 bridgehead atoms. The van der Waals surface area contributed by atoms with Crippen molar-refractivity contribution in [2.75, 3.05) is 0 Å². The highest BCUT2D eigenvalue weighted by atomic mass is 19.4. The third-order valence-electron chi connectivity index (χ3n) is 2.66. The Morgan fingerprint density at radius 1 is 0.708 bits per heavy atom. The normalized spacial score (nSPS) is 11.9. The first kappa shape index (κ1) is 17.6. The van der Waals surface area contributed by atoms with Gasteiger partial charge in [0.25, 0.3) is 0 Å². The summed E-state index contributed by atoms with van der Waals surface area (Å²) in [5.74, 6) is -2.01. The summed E-state index contributed by atoms with van der Waals surface area (Å²) in [4.78, 5) is 12.2.